The molecule has 3 aromatic rings. The quantitative estimate of drug-likeness (QED) is 0.735. The summed E-state index contributed by atoms with van der Waals surface area (Å²) in [4.78, 5) is 0.991. The maximum Gasteiger partial charge on any atom is 0.216 e. The molecule has 0 amide bonds. The maximum atomic E-state index is 12.8. The molecule has 0 radical (unpaired) electrons. The molecule has 0 bridgehead atoms. The molecule has 2 aromatic heterocycles. The molecule has 1 N–H and O–H groups in total. The largest absolute Gasteiger partial charge is 0.459 e. The Hall–Kier alpha value is -1.96. The van der Waals surface area contributed by atoms with Gasteiger partial charge in [0.05, 0.1) is 17.2 Å². The zero-order valence-corrected chi connectivity index (χ0v) is 13.7. The van der Waals surface area contributed by atoms with Crippen LogP contribution in [0.3, 0.4) is 0 Å². The van der Waals surface area contributed by atoms with Crippen molar-refractivity contribution in [3.63, 3.8) is 0 Å². The van der Waals surface area contributed by atoms with Crippen molar-refractivity contribution in [2.45, 2.75) is 12.3 Å². The van der Waals surface area contributed by atoms with E-state index in [9.17, 15) is 12.8 Å². The molecule has 120 valence electrons. The van der Waals surface area contributed by atoms with Gasteiger partial charge >= 0.3 is 0 Å². The van der Waals surface area contributed by atoms with E-state index in [1.807, 2.05) is 23.6 Å². The van der Waals surface area contributed by atoms with Gasteiger partial charge in [-0.25, -0.2) is 17.5 Å². The summed E-state index contributed by atoms with van der Waals surface area (Å²) in [7, 11) is -3.52. The molecule has 0 saturated carbocycles. The molecule has 0 saturated heterocycles. The van der Waals surface area contributed by atoms with Crippen LogP contribution < -0.4 is 4.72 Å². The highest BCUT2D eigenvalue weighted by molar-refractivity contribution is 7.88. The molecule has 0 fully saturated rings. The second-order valence-corrected chi connectivity index (χ2v) is 7.70. The van der Waals surface area contributed by atoms with Crippen LogP contribution in [0.5, 0.6) is 0 Å². The zero-order valence-electron chi connectivity index (χ0n) is 12.0. The van der Waals surface area contributed by atoms with Crippen LogP contribution in [0.25, 0.3) is 10.6 Å². The molecule has 0 atom stereocenters. The smallest absolute Gasteiger partial charge is 0.216 e. The van der Waals surface area contributed by atoms with E-state index in [0.717, 1.165) is 4.88 Å². The number of hydrogen-bond acceptors (Lipinski definition) is 4. The van der Waals surface area contributed by atoms with Crippen LogP contribution in [0.1, 0.15) is 11.3 Å². The fraction of sp³-hybridized carbons (Fsp3) is 0.125. The Morgan fingerprint density at radius 2 is 1.87 bits per heavy atom. The highest BCUT2D eigenvalue weighted by Crippen LogP contribution is 2.26. The number of benzene rings is 1. The number of hydrogen-bond donors (Lipinski definition) is 1. The van der Waals surface area contributed by atoms with E-state index in [1.54, 1.807) is 17.4 Å². The highest BCUT2D eigenvalue weighted by atomic mass is 32.2. The molecule has 0 unspecified atom stereocenters. The Morgan fingerprint density at radius 3 is 2.57 bits per heavy atom. The first-order valence-corrected chi connectivity index (χ1v) is 9.39. The molecule has 0 aliphatic carbocycles. The summed E-state index contributed by atoms with van der Waals surface area (Å²) in [5.41, 5.74) is 0.526. The number of rotatable bonds is 6. The number of sulfonamides is 1. The van der Waals surface area contributed by atoms with Crippen LogP contribution in [-0.4, -0.2) is 8.42 Å². The summed E-state index contributed by atoms with van der Waals surface area (Å²) in [6.07, 6.45) is 0. The van der Waals surface area contributed by atoms with Crippen molar-refractivity contribution in [1.82, 2.24) is 4.72 Å². The molecule has 0 aliphatic rings. The van der Waals surface area contributed by atoms with E-state index in [1.165, 1.54) is 24.3 Å². The van der Waals surface area contributed by atoms with Crippen molar-refractivity contribution in [3.8, 4) is 10.6 Å². The average Bonchev–Trinajstić information content (AvgIpc) is 3.18. The first-order chi connectivity index (χ1) is 11.0. The molecule has 0 spiro atoms. The molecule has 23 heavy (non-hydrogen) atoms. The van der Waals surface area contributed by atoms with Crippen molar-refractivity contribution in [2.24, 2.45) is 0 Å². The minimum Gasteiger partial charge on any atom is -0.459 e. The van der Waals surface area contributed by atoms with Crippen LogP contribution >= 0.6 is 11.3 Å². The highest BCUT2D eigenvalue weighted by Gasteiger charge is 2.13. The van der Waals surface area contributed by atoms with Crippen molar-refractivity contribution >= 4 is 21.4 Å². The number of halogens is 1. The van der Waals surface area contributed by atoms with Gasteiger partial charge in [0, 0.05) is 0 Å². The van der Waals surface area contributed by atoms with Crippen LogP contribution in [0, 0.1) is 5.82 Å². The zero-order chi connectivity index (χ0) is 16.3. The van der Waals surface area contributed by atoms with Gasteiger partial charge in [0.2, 0.25) is 10.0 Å². The number of thiophene rings is 1. The second kappa shape index (κ2) is 6.66. The number of nitrogens with one attached hydrogen (secondary N) is 1. The lowest BCUT2D eigenvalue weighted by molar-refractivity contribution is 0.510. The summed E-state index contributed by atoms with van der Waals surface area (Å²) in [6, 6.07) is 12.8. The summed E-state index contributed by atoms with van der Waals surface area (Å²) in [5, 5.41) is 1.95. The molecule has 7 heteroatoms. The van der Waals surface area contributed by atoms with Gasteiger partial charge in [-0.3, -0.25) is 0 Å². The van der Waals surface area contributed by atoms with Crippen molar-refractivity contribution in [3.05, 3.63) is 71.1 Å². The summed E-state index contributed by atoms with van der Waals surface area (Å²) >= 11 is 1.55. The minimum absolute atomic E-state index is 0.0783. The maximum absolute atomic E-state index is 12.8. The molecule has 4 nitrogen and oxygen atoms in total. The van der Waals surface area contributed by atoms with Crippen molar-refractivity contribution in [2.75, 3.05) is 0 Å². The SMILES string of the molecule is O=S(=O)(Cc1ccc(F)cc1)NCc1ccc(-c2cccs2)o1. The van der Waals surface area contributed by atoms with E-state index < -0.39 is 15.8 Å². The van der Waals surface area contributed by atoms with E-state index in [2.05, 4.69) is 4.72 Å². The first-order valence-electron chi connectivity index (χ1n) is 6.86. The third-order valence-corrected chi connectivity index (χ3v) is 5.34. The van der Waals surface area contributed by atoms with E-state index in [4.69, 9.17) is 4.42 Å². The summed E-state index contributed by atoms with van der Waals surface area (Å²) in [5.74, 6) is 0.658. The Morgan fingerprint density at radius 1 is 1.09 bits per heavy atom. The molecular formula is C16H14FNO3S2. The monoisotopic (exact) mass is 351 g/mol. The Balaban J connectivity index is 1.62. The van der Waals surface area contributed by atoms with E-state index in [-0.39, 0.29) is 12.3 Å². The lowest BCUT2D eigenvalue weighted by atomic mass is 10.2. The lowest BCUT2D eigenvalue weighted by Gasteiger charge is -2.05. The molecule has 2 heterocycles. The van der Waals surface area contributed by atoms with E-state index >= 15 is 0 Å². The van der Waals surface area contributed by atoms with Crippen LogP contribution in [0.15, 0.2) is 58.3 Å². The topological polar surface area (TPSA) is 59.3 Å². The standard InChI is InChI=1S/C16H14FNO3S2/c17-13-5-3-12(4-6-13)11-23(19,20)18-10-14-7-8-15(21-14)16-2-1-9-22-16/h1-9,18H,10-11H2. The van der Waals surface area contributed by atoms with Crippen molar-refractivity contribution < 1.29 is 17.2 Å². The Bertz CT molecular complexity index is 868. The third kappa shape index (κ3) is 4.28. The second-order valence-electron chi connectivity index (χ2n) is 4.95. The predicted molar refractivity (Wildman–Crippen MR) is 87.9 cm³/mol. The van der Waals surface area contributed by atoms with Crippen LogP contribution in [-0.2, 0) is 22.3 Å². The Labute approximate surface area is 137 Å². The Kier molecular flexibility index (Phi) is 4.61. The van der Waals surface area contributed by atoms with Gasteiger partial charge < -0.3 is 4.42 Å². The van der Waals surface area contributed by atoms with Crippen molar-refractivity contribution in [1.29, 1.82) is 0 Å². The minimum atomic E-state index is -3.52. The van der Waals surface area contributed by atoms with Gasteiger partial charge in [-0.15, -0.1) is 11.3 Å². The average molecular weight is 351 g/mol. The molecular weight excluding hydrogens is 337 g/mol. The predicted octanol–water partition coefficient (Wildman–Crippen LogP) is 3.77. The summed E-state index contributed by atoms with van der Waals surface area (Å²) in [6.45, 7) is 0.0783. The molecule has 3 rings (SSSR count). The fourth-order valence-corrected chi connectivity index (χ4v) is 3.84. The lowest BCUT2D eigenvalue weighted by Crippen LogP contribution is -2.24. The van der Waals surface area contributed by atoms with Gasteiger partial charge in [-0.05, 0) is 41.3 Å². The van der Waals surface area contributed by atoms with Gasteiger partial charge in [0.1, 0.15) is 17.3 Å². The molecule has 1 aromatic carbocycles. The van der Waals surface area contributed by atoms with E-state index in [0.29, 0.717) is 17.1 Å². The van der Waals surface area contributed by atoms with Crippen LogP contribution in [0.4, 0.5) is 4.39 Å². The molecule has 0 aliphatic heterocycles. The van der Waals surface area contributed by atoms with Gasteiger partial charge in [-0.1, -0.05) is 18.2 Å². The van der Waals surface area contributed by atoms with Crippen LogP contribution in [0.2, 0.25) is 0 Å². The fourth-order valence-electron chi connectivity index (χ4n) is 2.06. The van der Waals surface area contributed by atoms with Gasteiger partial charge in [-0.2, -0.15) is 0 Å². The first kappa shape index (κ1) is 15.9. The summed E-state index contributed by atoms with van der Waals surface area (Å²) < 4.78 is 45.0. The normalized spacial score (nSPS) is 11.7. The van der Waals surface area contributed by atoms with Gasteiger partial charge in [0.15, 0.2) is 0 Å². The number of furan rings is 1. The van der Waals surface area contributed by atoms with Gasteiger partial charge in [0.25, 0.3) is 0 Å². The third-order valence-electron chi connectivity index (χ3n) is 3.16.